The molecule has 9 nitrogen and oxygen atoms in total. The van der Waals surface area contributed by atoms with Crippen LogP contribution in [0.25, 0.3) is 0 Å². The summed E-state index contributed by atoms with van der Waals surface area (Å²) in [5.41, 5.74) is 2.29. The third kappa shape index (κ3) is 7.45. The van der Waals surface area contributed by atoms with Gasteiger partial charge in [-0.3, -0.25) is 9.59 Å². The second-order valence-electron chi connectivity index (χ2n) is 10.3. The zero-order chi connectivity index (χ0) is 30.9. The summed E-state index contributed by atoms with van der Waals surface area (Å²) in [4.78, 5) is 28.6. The number of anilines is 1. The van der Waals surface area contributed by atoms with Crippen molar-refractivity contribution in [1.29, 1.82) is 0 Å². The first kappa shape index (κ1) is 30.8. The first-order chi connectivity index (χ1) is 21.3. The number of fused-ring (bicyclic) bond motifs is 1. The van der Waals surface area contributed by atoms with Crippen LogP contribution in [0.3, 0.4) is 0 Å². The third-order valence-corrected chi connectivity index (χ3v) is 9.01. The first-order valence-electron chi connectivity index (χ1n) is 14.5. The van der Waals surface area contributed by atoms with E-state index in [-0.39, 0.29) is 23.9 Å². The van der Waals surface area contributed by atoms with E-state index in [0.29, 0.717) is 36.8 Å². The number of ether oxygens (including phenoxy) is 2. The quantitative estimate of drug-likeness (QED) is 0.254. The minimum atomic E-state index is -4.09. The molecular weight excluding hydrogens is 578 g/mol. The highest BCUT2D eigenvalue weighted by atomic mass is 32.2. The Hall–Kier alpha value is -4.67. The van der Waals surface area contributed by atoms with Gasteiger partial charge in [0, 0.05) is 13.1 Å². The number of rotatable bonds is 12. The van der Waals surface area contributed by atoms with Gasteiger partial charge in [0.1, 0.15) is 11.5 Å². The molecule has 2 amide bonds. The Morgan fingerprint density at radius 1 is 0.886 bits per heavy atom. The molecule has 0 saturated carbocycles. The van der Waals surface area contributed by atoms with E-state index in [2.05, 4.69) is 5.32 Å². The summed E-state index contributed by atoms with van der Waals surface area (Å²) in [6, 6.07) is 32.0. The van der Waals surface area contributed by atoms with Crippen molar-refractivity contribution < 1.29 is 27.5 Å². The smallest absolute Gasteiger partial charge is 0.262 e. The summed E-state index contributed by atoms with van der Waals surface area (Å²) in [6.07, 6.45) is -0.314. The molecule has 1 N–H and O–H groups in total. The molecule has 4 aromatic carbocycles. The Balaban J connectivity index is 1.36. The van der Waals surface area contributed by atoms with Gasteiger partial charge in [-0.2, -0.15) is 4.31 Å². The number of para-hydroxylation sites is 2. The largest absolute Gasteiger partial charge is 0.494 e. The van der Waals surface area contributed by atoms with Gasteiger partial charge in [-0.15, -0.1) is 0 Å². The van der Waals surface area contributed by atoms with Crippen LogP contribution in [-0.4, -0.2) is 56.9 Å². The number of nitrogens with zero attached hydrogens (tertiary/aromatic N) is 2. The molecule has 0 radical (unpaired) electrons. The average Bonchev–Trinajstić information content (AvgIpc) is 3.05. The van der Waals surface area contributed by atoms with Gasteiger partial charge in [0.2, 0.25) is 15.9 Å². The zero-order valence-electron chi connectivity index (χ0n) is 24.5. The van der Waals surface area contributed by atoms with E-state index in [4.69, 9.17) is 9.47 Å². The molecule has 4 aromatic rings. The molecule has 1 aliphatic heterocycles. The van der Waals surface area contributed by atoms with Crippen molar-refractivity contribution in [2.75, 3.05) is 31.1 Å². The molecule has 0 unspecified atom stereocenters. The maximum absolute atomic E-state index is 14.0. The monoisotopic (exact) mass is 613 g/mol. The topological polar surface area (TPSA) is 105 Å². The normalized spacial score (nSPS) is 14.4. The Morgan fingerprint density at radius 3 is 2.20 bits per heavy atom. The van der Waals surface area contributed by atoms with Gasteiger partial charge in [0.25, 0.3) is 5.91 Å². The summed E-state index contributed by atoms with van der Waals surface area (Å²) in [5.74, 6) is 0.0964. The Kier molecular flexibility index (Phi) is 9.93. The Labute approximate surface area is 258 Å². The molecule has 0 aromatic heterocycles. The highest BCUT2D eigenvalue weighted by molar-refractivity contribution is 7.89. The molecule has 0 bridgehead atoms. The van der Waals surface area contributed by atoms with Gasteiger partial charge in [0.15, 0.2) is 6.10 Å². The molecule has 1 heterocycles. The van der Waals surface area contributed by atoms with E-state index in [1.54, 1.807) is 36.4 Å². The molecule has 1 aliphatic rings. The number of hydrogen-bond donors (Lipinski definition) is 1. The standard InChI is InChI=1S/C34H35N3O6S/c1-2-42-28-17-19-29(20-18-28)44(40,41)36(23-27-13-7-4-8-14-27)25-33(38)37-24-32(43-31-16-10-9-15-30(31)37)34(39)35-22-21-26-11-5-3-6-12-26/h3-20,32H,2,21-25H2,1H3,(H,35,39)/t32-/m0/s1. The lowest BCUT2D eigenvalue weighted by atomic mass is 10.1. The van der Waals surface area contributed by atoms with Crippen molar-refractivity contribution in [3.05, 3.63) is 120 Å². The van der Waals surface area contributed by atoms with Crippen molar-refractivity contribution in [3.8, 4) is 11.5 Å². The number of amides is 2. The molecular formula is C34H35N3O6S. The lowest BCUT2D eigenvalue weighted by molar-refractivity contribution is -0.128. The number of carbonyl (C=O) groups is 2. The fourth-order valence-corrected chi connectivity index (χ4v) is 6.35. The van der Waals surface area contributed by atoms with Crippen LogP contribution in [0.2, 0.25) is 0 Å². The van der Waals surface area contributed by atoms with Gasteiger partial charge < -0.3 is 19.7 Å². The predicted molar refractivity (Wildman–Crippen MR) is 168 cm³/mol. The number of benzene rings is 4. The van der Waals surface area contributed by atoms with E-state index < -0.39 is 28.6 Å². The Bertz CT molecular complexity index is 1660. The van der Waals surface area contributed by atoms with Crippen molar-refractivity contribution in [3.63, 3.8) is 0 Å². The van der Waals surface area contributed by atoms with E-state index in [0.717, 1.165) is 15.4 Å². The van der Waals surface area contributed by atoms with E-state index in [9.17, 15) is 18.0 Å². The number of carbonyl (C=O) groups excluding carboxylic acids is 2. The van der Waals surface area contributed by atoms with Crippen LogP contribution in [0.1, 0.15) is 18.1 Å². The fraction of sp³-hybridized carbons (Fsp3) is 0.235. The first-order valence-corrected chi connectivity index (χ1v) is 15.9. The molecule has 0 saturated heterocycles. The maximum atomic E-state index is 14.0. The second kappa shape index (κ2) is 14.2. The van der Waals surface area contributed by atoms with Gasteiger partial charge in [-0.05, 0) is 60.9 Å². The van der Waals surface area contributed by atoms with Crippen molar-refractivity contribution in [1.82, 2.24) is 9.62 Å². The van der Waals surface area contributed by atoms with E-state index >= 15 is 0 Å². The molecule has 1 atom stereocenters. The summed E-state index contributed by atoms with van der Waals surface area (Å²) >= 11 is 0. The lowest BCUT2D eigenvalue weighted by Gasteiger charge is -2.35. The highest BCUT2D eigenvalue weighted by Gasteiger charge is 2.36. The third-order valence-electron chi connectivity index (χ3n) is 7.21. The molecule has 0 spiro atoms. The van der Waals surface area contributed by atoms with E-state index in [1.165, 1.54) is 17.0 Å². The summed E-state index contributed by atoms with van der Waals surface area (Å²) in [7, 11) is -4.09. The van der Waals surface area contributed by atoms with Crippen molar-refractivity contribution in [2.45, 2.75) is 30.9 Å². The molecule has 228 valence electrons. The van der Waals surface area contributed by atoms with Crippen LogP contribution in [0, 0.1) is 0 Å². The summed E-state index contributed by atoms with van der Waals surface area (Å²) in [5, 5.41) is 2.91. The van der Waals surface area contributed by atoms with Crippen molar-refractivity contribution >= 4 is 27.5 Å². The average molecular weight is 614 g/mol. The molecule has 0 fully saturated rings. The van der Waals surface area contributed by atoms with Crippen LogP contribution in [0.5, 0.6) is 11.5 Å². The van der Waals surface area contributed by atoms with Crippen LogP contribution >= 0.6 is 0 Å². The minimum Gasteiger partial charge on any atom is -0.494 e. The van der Waals surface area contributed by atoms with Crippen LogP contribution in [0.4, 0.5) is 5.69 Å². The van der Waals surface area contributed by atoms with Gasteiger partial charge in [0.05, 0.1) is 30.3 Å². The number of hydrogen-bond acceptors (Lipinski definition) is 6. The molecule has 0 aliphatic carbocycles. The highest BCUT2D eigenvalue weighted by Crippen LogP contribution is 2.34. The van der Waals surface area contributed by atoms with Gasteiger partial charge >= 0.3 is 0 Å². The minimum absolute atomic E-state index is 0.0164. The van der Waals surface area contributed by atoms with Crippen LogP contribution in [0.15, 0.2) is 114 Å². The predicted octanol–water partition coefficient (Wildman–Crippen LogP) is 4.43. The molecule has 10 heteroatoms. The number of sulfonamides is 1. The van der Waals surface area contributed by atoms with E-state index in [1.807, 2.05) is 67.6 Å². The summed E-state index contributed by atoms with van der Waals surface area (Å²) in [6.45, 7) is 2.19. The lowest BCUT2D eigenvalue weighted by Crippen LogP contribution is -2.53. The molecule has 44 heavy (non-hydrogen) atoms. The van der Waals surface area contributed by atoms with Crippen LogP contribution < -0.4 is 19.7 Å². The zero-order valence-corrected chi connectivity index (χ0v) is 25.3. The second-order valence-corrected chi connectivity index (χ2v) is 12.2. The van der Waals surface area contributed by atoms with Crippen LogP contribution in [-0.2, 0) is 32.6 Å². The van der Waals surface area contributed by atoms with Gasteiger partial charge in [-0.25, -0.2) is 8.42 Å². The number of nitrogens with one attached hydrogen (secondary N) is 1. The Morgan fingerprint density at radius 2 is 1.52 bits per heavy atom. The maximum Gasteiger partial charge on any atom is 0.262 e. The SMILES string of the molecule is CCOc1ccc(S(=O)(=O)N(CC(=O)N2C[C@@H](C(=O)NCCc3ccccc3)Oc3ccccc32)Cc2ccccc2)cc1. The fourth-order valence-electron chi connectivity index (χ4n) is 4.97. The van der Waals surface area contributed by atoms with Crippen molar-refractivity contribution in [2.24, 2.45) is 0 Å². The van der Waals surface area contributed by atoms with Gasteiger partial charge in [-0.1, -0.05) is 72.8 Å². The summed E-state index contributed by atoms with van der Waals surface area (Å²) < 4.78 is 40.4. The molecule has 5 rings (SSSR count).